The molecule has 0 aliphatic heterocycles. The number of ether oxygens (including phenoxy) is 1. The second-order valence-corrected chi connectivity index (χ2v) is 8.37. The van der Waals surface area contributed by atoms with Crippen LogP contribution in [-0.2, 0) is 11.3 Å². The maximum absolute atomic E-state index is 12.8. The van der Waals surface area contributed by atoms with E-state index in [4.69, 9.17) is 4.42 Å². The summed E-state index contributed by atoms with van der Waals surface area (Å²) < 4.78 is 36.3. The Hall–Kier alpha value is -3.66. The first-order chi connectivity index (χ1) is 16.4. The van der Waals surface area contributed by atoms with Gasteiger partial charge in [-0.2, -0.15) is 8.78 Å². The minimum atomic E-state index is -2.87. The molecule has 4 rings (SSSR count). The molecule has 2 heterocycles. The molecule has 2 aromatic heterocycles. The highest BCUT2D eigenvalue weighted by Crippen LogP contribution is 2.30. The number of para-hydroxylation sites is 1. The van der Waals surface area contributed by atoms with Crippen molar-refractivity contribution in [1.29, 1.82) is 0 Å². The molecule has 0 atom stereocenters. The van der Waals surface area contributed by atoms with Gasteiger partial charge in [0.1, 0.15) is 11.5 Å². The van der Waals surface area contributed by atoms with Gasteiger partial charge in [0.15, 0.2) is 11.0 Å². The summed E-state index contributed by atoms with van der Waals surface area (Å²) in [5, 5.41) is 9.26. The topological polar surface area (TPSA) is 73.4 Å². The van der Waals surface area contributed by atoms with Gasteiger partial charge in [0.25, 0.3) is 0 Å². The fourth-order valence-electron chi connectivity index (χ4n) is 3.34. The quantitative estimate of drug-likeness (QED) is 0.305. The molecule has 176 valence electrons. The molecular formula is C24H22F2N4O3S. The third-order valence-corrected chi connectivity index (χ3v) is 5.98. The van der Waals surface area contributed by atoms with Crippen LogP contribution in [0.5, 0.6) is 5.75 Å². The van der Waals surface area contributed by atoms with Gasteiger partial charge in [-0.1, -0.05) is 42.1 Å². The highest BCUT2D eigenvalue weighted by molar-refractivity contribution is 7.99. The van der Waals surface area contributed by atoms with Crippen LogP contribution < -0.4 is 4.74 Å². The maximum Gasteiger partial charge on any atom is 0.387 e. The number of aryl methyl sites for hydroxylation is 1. The van der Waals surface area contributed by atoms with E-state index in [2.05, 4.69) is 14.9 Å². The van der Waals surface area contributed by atoms with Crippen molar-refractivity contribution in [1.82, 2.24) is 19.7 Å². The van der Waals surface area contributed by atoms with Crippen LogP contribution in [0.25, 0.3) is 17.1 Å². The van der Waals surface area contributed by atoms with Crippen molar-refractivity contribution in [2.24, 2.45) is 0 Å². The molecular weight excluding hydrogens is 462 g/mol. The average Bonchev–Trinajstić information content (AvgIpc) is 3.44. The van der Waals surface area contributed by atoms with Crippen molar-refractivity contribution in [3.05, 3.63) is 78.3 Å². The molecule has 10 heteroatoms. The Balaban J connectivity index is 1.46. The average molecular weight is 485 g/mol. The van der Waals surface area contributed by atoms with Gasteiger partial charge in [0.2, 0.25) is 5.91 Å². The Morgan fingerprint density at radius 2 is 1.85 bits per heavy atom. The molecule has 0 saturated heterocycles. The van der Waals surface area contributed by atoms with Gasteiger partial charge in [0, 0.05) is 19.3 Å². The summed E-state index contributed by atoms with van der Waals surface area (Å²) in [6.45, 7) is -0.682. The minimum Gasteiger partial charge on any atom is -0.469 e. The zero-order chi connectivity index (χ0) is 24.1. The normalized spacial score (nSPS) is 11.1. The van der Waals surface area contributed by atoms with E-state index in [1.807, 2.05) is 47.9 Å². The molecule has 34 heavy (non-hydrogen) atoms. The highest BCUT2D eigenvalue weighted by Gasteiger charge is 2.20. The van der Waals surface area contributed by atoms with E-state index in [0.717, 1.165) is 22.6 Å². The molecule has 0 aliphatic rings. The molecule has 2 aromatic carbocycles. The molecule has 0 radical (unpaired) electrons. The Bertz CT molecular complexity index is 1240. The fourth-order valence-corrected chi connectivity index (χ4v) is 4.23. The number of alkyl halides is 2. The number of benzene rings is 2. The van der Waals surface area contributed by atoms with Crippen LogP contribution in [-0.4, -0.2) is 45.0 Å². The second kappa shape index (κ2) is 10.5. The molecule has 0 N–H and O–H groups in total. The third kappa shape index (κ3) is 5.45. The largest absolute Gasteiger partial charge is 0.469 e. The first-order valence-corrected chi connectivity index (χ1v) is 11.4. The van der Waals surface area contributed by atoms with Gasteiger partial charge in [-0.25, -0.2) is 0 Å². The van der Waals surface area contributed by atoms with Gasteiger partial charge >= 0.3 is 6.61 Å². The van der Waals surface area contributed by atoms with Crippen molar-refractivity contribution in [2.75, 3.05) is 12.8 Å². The van der Waals surface area contributed by atoms with E-state index < -0.39 is 6.61 Å². The number of aromatic nitrogens is 3. The maximum atomic E-state index is 12.8. The number of halogens is 2. The molecule has 0 saturated carbocycles. The Morgan fingerprint density at radius 1 is 1.12 bits per heavy atom. The van der Waals surface area contributed by atoms with Gasteiger partial charge in [0.05, 0.1) is 17.6 Å². The summed E-state index contributed by atoms with van der Waals surface area (Å²) in [6, 6.07) is 17.7. The number of carbonyl (C=O) groups is 1. The molecule has 0 aliphatic carbocycles. The third-order valence-electron chi connectivity index (χ3n) is 5.07. The van der Waals surface area contributed by atoms with Gasteiger partial charge in [-0.05, 0) is 42.8 Å². The van der Waals surface area contributed by atoms with Crippen LogP contribution in [0.1, 0.15) is 11.3 Å². The number of rotatable bonds is 9. The summed E-state index contributed by atoms with van der Waals surface area (Å²) in [6.07, 6.45) is 1.60. The smallest absolute Gasteiger partial charge is 0.387 e. The van der Waals surface area contributed by atoms with E-state index in [1.165, 1.54) is 23.9 Å². The van der Waals surface area contributed by atoms with E-state index in [0.29, 0.717) is 17.5 Å². The summed E-state index contributed by atoms with van der Waals surface area (Å²) in [5.41, 5.74) is 2.50. The predicted molar refractivity (Wildman–Crippen MR) is 124 cm³/mol. The molecule has 0 bridgehead atoms. The molecule has 0 unspecified atom stereocenters. The predicted octanol–water partition coefficient (Wildman–Crippen LogP) is 5.19. The summed E-state index contributed by atoms with van der Waals surface area (Å²) in [5.74, 6) is 1.47. The van der Waals surface area contributed by atoms with Crippen molar-refractivity contribution in [3.63, 3.8) is 0 Å². The lowest BCUT2D eigenvalue weighted by atomic mass is 10.2. The number of thioether (sulfide) groups is 1. The van der Waals surface area contributed by atoms with Crippen molar-refractivity contribution >= 4 is 17.7 Å². The molecule has 7 nitrogen and oxygen atoms in total. The summed E-state index contributed by atoms with van der Waals surface area (Å²) in [4.78, 5) is 14.3. The first kappa shape index (κ1) is 23.5. The number of carbonyl (C=O) groups excluding carboxylic acids is 1. The number of hydrogen-bond donors (Lipinski definition) is 0. The number of hydrogen-bond acceptors (Lipinski definition) is 6. The number of nitrogens with zero attached hydrogens (tertiary/aromatic N) is 4. The monoisotopic (exact) mass is 484 g/mol. The number of amides is 1. The van der Waals surface area contributed by atoms with Crippen LogP contribution in [0.3, 0.4) is 0 Å². The Kier molecular flexibility index (Phi) is 7.27. The second-order valence-electron chi connectivity index (χ2n) is 7.43. The van der Waals surface area contributed by atoms with E-state index in [-0.39, 0.29) is 17.4 Å². The highest BCUT2D eigenvalue weighted by atomic mass is 32.2. The Morgan fingerprint density at radius 3 is 2.50 bits per heavy atom. The fraction of sp³-hybridized carbons (Fsp3) is 0.208. The number of furan rings is 1. The molecule has 4 aromatic rings. The van der Waals surface area contributed by atoms with E-state index in [9.17, 15) is 13.6 Å². The lowest BCUT2D eigenvalue weighted by Gasteiger charge is -2.17. The van der Waals surface area contributed by atoms with Crippen molar-refractivity contribution in [3.8, 4) is 22.8 Å². The molecule has 0 fully saturated rings. The minimum absolute atomic E-state index is 0.0761. The first-order valence-electron chi connectivity index (χ1n) is 10.4. The lowest BCUT2D eigenvalue weighted by Crippen LogP contribution is -2.27. The molecule has 1 amide bonds. The zero-order valence-electron chi connectivity index (χ0n) is 18.5. The Labute approximate surface area is 199 Å². The standard InChI is InChI=1S/C24H22F2N4O3S/c1-16-20(12-13-32-16)22-27-28-24(30(22)18-6-4-3-5-7-18)34-15-21(31)29(2)14-17-8-10-19(11-9-17)33-23(25)26/h3-13,23H,14-15H2,1-2H3. The van der Waals surface area contributed by atoms with Crippen LogP contribution in [0, 0.1) is 6.92 Å². The van der Waals surface area contributed by atoms with Gasteiger partial charge in [-0.3, -0.25) is 9.36 Å². The van der Waals surface area contributed by atoms with Crippen LogP contribution in [0.15, 0.2) is 76.5 Å². The van der Waals surface area contributed by atoms with E-state index >= 15 is 0 Å². The summed E-state index contributed by atoms with van der Waals surface area (Å²) in [7, 11) is 1.69. The van der Waals surface area contributed by atoms with E-state index in [1.54, 1.807) is 30.3 Å². The lowest BCUT2D eigenvalue weighted by molar-refractivity contribution is -0.127. The van der Waals surface area contributed by atoms with Crippen LogP contribution >= 0.6 is 11.8 Å². The van der Waals surface area contributed by atoms with Crippen molar-refractivity contribution < 1.29 is 22.7 Å². The SMILES string of the molecule is Cc1occc1-c1nnc(SCC(=O)N(C)Cc2ccc(OC(F)F)cc2)n1-c1ccccc1. The molecule has 0 spiro atoms. The van der Waals surface area contributed by atoms with Gasteiger partial charge in [-0.15, -0.1) is 10.2 Å². The van der Waals surface area contributed by atoms with Crippen LogP contribution in [0.4, 0.5) is 8.78 Å². The van der Waals surface area contributed by atoms with Crippen molar-refractivity contribution in [2.45, 2.75) is 25.2 Å². The van der Waals surface area contributed by atoms with Gasteiger partial charge < -0.3 is 14.1 Å². The summed E-state index contributed by atoms with van der Waals surface area (Å²) >= 11 is 1.29. The zero-order valence-corrected chi connectivity index (χ0v) is 19.3. The van der Waals surface area contributed by atoms with Crippen LogP contribution in [0.2, 0.25) is 0 Å².